The number of hydrogen-bond acceptors (Lipinski definition) is 5. The molecule has 0 spiro atoms. The summed E-state index contributed by atoms with van der Waals surface area (Å²) in [6.45, 7) is 8.76. The van der Waals surface area contributed by atoms with Gasteiger partial charge in [-0.1, -0.05) is 36.8 Å². The molecule has 0 N–H and O–H groups in total. The average Bonchev–Trinajstić information content (AvgIpc) is 2.90. The molecule has 37 heavy (non-hydrogen) atoms. The molecule has 0 fully saturated rings. The molecule has 0 aliphatic rings. The Bertz CT molecular complexity index is 1430. The molecule has 5 nitrogen and oxygen atoms in total. The van der Waals surface area contributed by atoms with Crippen LogP contribution >= 0.6 is 0 Å². The molecule has 3 rings (SSSR count). The molecule has 0 bridgehead atoms. The molecule has 3 aromatic carbocycles. The van der Waals surface area contributed by atoms with Crippen LogP contribution in [-0.2, 0) is 14.3 Å². The van der Waals surface area contributed by atoms with E-state index in [0.29, 0.717) is 28.2 Å². The Morgan fingerprint density at radius 2 is 1.41 bits per heavy atom. The van der Waals surface area contributed by atoms with Crippen molar-refractivity contribution in [2.24, 2.45) is 0 Å². The lowest BCUT2D eigenvalue weighted by Crippen LogP contribution is -2.10. The third-order valence-corrected chi connectivity index (χ3v) is 4.69. The fourth-order valence-corrected chi connectivity index (χ4v) is 2.77. The van der Waals surface area contributed by atoms with Gasteiger partial charge in [-0.05, 0) is 73.7 Å². The van der Waals surface area contributed by atoms with Crippen LogP contribution in [0.3, 0.4) is 0 Å². The number of ether oxygens (including phenoxy) is 3. The second-order valence-corrected chi connectivity index (χ2v) is 7.63. The zero-order valence-corrected chi connectivity index (χ0v) is 20.2. The van der Waals surface area contributed by atoms with Crippen LogP contribution in [0.4, 0.5) is 4.39 Å². The van der Waals surface area contributed by atoms with Gasteiger partial charge in [-0.3, -0.25) is 0 Å². The van der Waals surface area contributed by atoms with Gasteiger partial charge in [-0.25, -0.2) is 14.0 Å². The summed E-state index contributed by atoms with van der Waals surface area (Å²) >= 11 is 0. The first-order valence-electron chi connectivity index (χ1n) is 11.2. The maximum atomic E-state index is 14.5. The molecule has 184 valence electrons. The zero-order chi connectivity index (χ0) is 26.6. The quantitative estimate of drug-likeness (QED) is 0.148. The normalized spacial score (nSPS) is 9.57. The molecule has 0 aliphatic heterocycles. The van der Waals surface area contributed by atoms with E-state index in [1.54, 1.807) is 67.6 Å². The molecule has 0 aliphatic carbocycles. The van der Waals surface area contributed by atoms with E-state index in [-0.39, 0.29) is 18.8 Å². The van der Waals surface area contributed by atoms with Gasteiger partial charge in [0, 0.05) is 28.3 Å². The maximum absolute atomic E-state index is 14.5. The second-order valence-electron chi connectivity index (χ2n) is 7.63. The largest absolute Gasteiger partial charge is 0.490 e. The van der Waals surface area contributed by atoms with Crippen molar-refractivity contribution in [2.75, 3.05) is 13.2 Å². The summed E-state index contributed by atoms with van der Waals surface area (Å²) in [5, 5.41) is 0. The molecule has 0 unspecified atom stereocenters. The van der Waals surface area contributed by atoms with Crippen LogP contribution in [0.5, 0.6) is 11.5 Å². The SMILES string of the molecule is C=CC(=O)OCCOc1ccc(C#Cc2ccc(C#Cc3ccc(OC(=O)C(=C)C)cc3)c(F)c2)cc1. The van der Waals surface area contributed by atoms with Gasteiger partial charge in [-0.15, -0.1) is 0 Å². The summed E-state index contributed by atoms with van der Waals surface area (Å²) in [5.74, 6) is 11.1. The van der Waals surface area contributed by atoms with Crippen LogP contribution in [0.1, 0.15) is 29.2 Å². The van der Waals surface area contributed by atoms with Gasteiger partial charge in [0.25, 0.3) is 0 Å². The van der Waals surface area contributed by atoms with E-state index in [0.717, 1.165) is 11.6 Å². The Hall–Kier alpha value is -5.07. The molecule has 0 amide bonds. The molecule has 3 aromatic rings. The molecular formula is C31H23FO5. The van der Waals surface area contributed by atoms with E-state index in [1.165, 1.54) is 6.07 Å². The van der Waals surface area contributed by atoms with Crippen molar-refractivity contribution in [1.29, 1.82) is 0 Å². The van der Waals surface area contributed by atoms with Crippen molar-refractivity contribution in [3.63, 3.8) is 0 Å². The van der Waals surface area contributed by atoms with E-state index in [4.69, 9.17) is 14.2 Å². The lowest BCUT2D eigenvalue weighted by atomic mass is 10.1. The van der Waals surface area contributed by atoms with Crippen molar-refractivity contribution >= 4 is 11.9 Å². The summed E-state index contributed by atoms with van der Waals surface area (Å²) < 4.78 is 30.0. The highest BCUT2D eigenvalue weighted by Crippen LogP contribution is 2.15. The molecule has 0 radical (unpaired) electrons. The standard InChI is InChI=1S/C31H23FO5/c1-4-30(33)36-20-19-35-27-15-9-23(10-16-27)5-6-25-8-14-26(29(32)21-25)13-7-24-11-17-28(18-12-24)37-31(34)22(2)3/h4,8-12,14-18,21H,1-2,19-20H2,3H3. The van der Waals surface area contributed by atoms with Gasteiger partial charge in [0.2, 0.25) is 0 Å². The zero-order valence-electron chi connectivity index (χ0n) is 20.2. The predicted octanol–water partition coefficient (Wildman–Crippen LogP) is 5.21. The Kier molecular flexibility index (Phi) is 9.42. The molecule has 0 aromatic heterocycles. The Balaban J connectivity index is 1.58. The number of carbonyl (C=O) groups is 2. The van der Waals surface area contributed by atoms with Gasteiger partial charge in [-0.2, -0.15) is 0 Å². The first-order chi connectivity index (χ1) is 17.8. The van der Waals surface area contributed by atoms with Gasteiger partial charge in [0.1, 0.15) is 30.5 Å². The summed E-state index contributed by atoms with van der Waals surface area (Å²) in [4.78, 5) is 22.5. The topological polar surface area (TPSA) is 61.8 Å². The lowest BCUT2D eigenvalue weighted by molar-refractivity contribution is -0.138. The van der Waals surface area contributed by atoms with Crippen molar-refractivity contribution in [2.45, 2.75) is 6.92 Å². The molecule has 0 saturated heterocycles. The minimum absolute atomic E-state index is 0.123. The number of carbonyl (C=O) groups excluding carboxylic acids is 2. The second kappa shape index (κ2) is 13.1. The molecule has 0 atom stereocenters. The summed E-state index contributed by atoms with van der Waals surface area (Å²) in [7, 11) is 0. The van der Waals surface area contributed by atoms with E-state index in [1.807, 2.05) is 0 Å². The van der Waals surface area contributed by atoms with E-state index >= 15 is 0 Å². The first kappa shape index (κ1) is 26.5. The van der Waals surface area contributed by atoms with Crippen molar-refractivity contribution in [3.05, 3.63) is 120 Å². The predicted molar refractivity (Wildman–Crippen MR) is 138 cm³/mol. The van der Waals surface area contributed by atoms with Crippen LogP contribution in [0.25, 0.3) is 0 Å². The van der Waals surface area contributed by atoms with Crippen molar-refractivity contribution in [3.8, 4) is 35.2 Å². The summed E-state index contributed by atoms with van der Waals surface area (Å²) in [6, 6.07) is 18.2. The fourth-order valence-electron chi connectivity index (χ4n) is 2.77. The average molecular weight is 495 g/mol. The highest BCUT2D eigenvalue weighted by atomic mass is 19.1. The highest BCUT2D eigenvalue weighted by Gasteiger charge is 2.05. The van der Waals surface area contributed by atoms with Crippen molar-refractivity contribution < 1.29 is 28.2 Å². The Labute approximate surface area is 215 Å². The Morgan fingerprint density at radius 3 is 2.00 bits per heavy atom. The first-order valence-corrected chi connectivity index (χ1v) is 11.2. The summed E-state index contributed by atoms with van der Waals surface area (Å²) in [5.41, 5.74) is 2.42. The van der Waals surface area contributed by atoms with Crippen LogP contribution in [0, 0.1) is 29.5 Å². The molecule has 6 heteroatoms. The van der Waals surface area contributed by atoms with Gasteiger partial charge in [0.15, 0.2) is 0 Å². The minimum atomic E-state index is -0.504. The van der Waals surface area contributed by atoms with Crippen molar-refractivity contribution in [1.82, 2.24) is 0 Å². The number of halogens is 1. The van der Waals surface area contributed by atoms with E-state index in [9.17, 15) is 14.0 Å². The number of hydrogen-bond donors (Lipinski definition) is 0. The van der Waals surface area contributed by atoms with Gasteiger partial charge < -0.3 is 14.2 Å². The van der Waals surface area contributed by atoms with Crippen LogP contribution in [0.15, 0.2) is 91.5 Å². The molecule has 0 heterocycles. The minimum Gasteiger partial charge on any atom is -0.490 e. The van der Waals surface area contributed by atoms with Crippen LogP contribution in [0.2, 0.25) is 0 Å². The van der Waals surface area contributed by atoms with Crippen LogP contribution < -0.4 is 9.47 Å². The smallest absolute Gasteiger partial charge is 0.338 e. The Morgan fingerprint density at radius 1 is 0.838 bits per heavy atom. The lowest BCUT2D eigenvalue weighted by Gasteiger charge is -2.06. The molecule has 0 saturated carbocycles. The van der Waals surface area contributed by atoms with Gasteiger partial charge >= 0.3 is 11.9 Å². The van der Waals surface area contributed by atoms with E-state index in [2.05, 4.69) is 36.8 Å². The number of rotatable bonds is 7. The third-order valence-electron chi connectivity index (χ3n) is 4.69. The van der Waals surface area contributed by atoms with E-state index < -0.39 is 17.8 Å². The van der Waals surface area contributed by atoms with Crippen LogP contribution in [-0.4, -0.2) is 25.2 Å². The summed E-state index contributed by atoms with van der Waals surface area (Å²) in [6.07, 6.45) is 1.09. The third kappa shape index (κ3) is 8.58. The monoisotopic (exact) mass is 494 g/mol. The van der Waals surface area contributed by atoms with Gasteiger partial charge in [0.05, 0.1) is 5.56 Å². The maximum Gasteiger partial charge on any atom is 0.338 e. The highest BCUT2D eigenvalue weighted by molar-refractivity contribution is 5.88. The molecular weight excluding hydrogens is 471 g/mol. The number of esters is 2. The fraction of sp³-hybridized carbons (Fsp3) is 0.0968. The number of benzene rings is 3.